The molecular formula is C15H21N3O4S2. The molecule has 0 aliphatic heterocycles. The molecule has 0 atom stereocenters. The Morgan fingerprint density at radius 1 is 1.33 bits per heavy atom. The Labute approximate surface area is 145 Å². The third kappa shape index (κ3) is 4.22. The van der Waals surface area contributed by atoms with E-state index in [1.165, 1.54) is 18.4 Å². The molecular weight excluding hydrogens is 350 g/mol. The van der Waals surface area contributed by atoms with Gasteiger partial charge in [0.25, 0.3) is 10.0 Å². The average molecular weight is 371 g/mol. The Morgan fingerprint density at radius 2 is 2.04 bits per heavy atom. The molecule has 0 bridgehead atoms. The highest BCUT2D eigenvalue weighted by Crippen LogP contribution is 2.23. The number of nitrogens with zero attached hydrogens (tertiary/aromatic N) is 2. The fourth-order valence-corrected chi connectivity index (χ4v) is 4.61. The number of rotatable bonds is 7. The number of carbonyl (C=O) groups is 1. The summed E-state index contributed by atoms with van der Waals surface area (Å²) in [4.78, 5) is 12.8. The minimum atomic E-state index is -3.42. The topological polar surface area (TPSA) is 92.5 Å². The van der Waals surface area contributed by atoms with Gasteiger partial charge in [-0.05, 0) is 32.4 Å². The first-order valence-electron chi connectivity index (χ1n) is 7.41. The van der Waals surface area contributed by atoms with Crippen molar-refractivity contribution in [2.45, 2.75) is 37.4 Å². The largest absolute Gasteiger partial charge is 0.361 e. The molecule has 0 saturated heterocycles. The van der Waals surface area contributed by atoms with Gasteiger partial charge in [0.1, 0.15) is 9.97 Å². The smallest absolute Gasteiger partial charge is 0.252 e. The maximum Gasteiger partial charge on any atom is 0.252 e. The number of aromatic nitrogens is 1. The summed E-state index contributed by atoms with van der Waals surface area (Å²) < 4.78 is 30.5. The number of sulfonamides is 1. The molecule has 24 heavy (non-hydrogen) atoms. The van der Waals surface area contributed by atoms with E-state index in [0.717, 1.165) is 33.2 Å². The summed E-state index contributed by atoms with van der Waals surface area (Å²) in [6.45, 7) is 3.99. The molecule has 0 unspecified atom stereocenters. The van der Waals surface area contributed by atoms with Crippen molar-refractivity contribution in [1.29, 1.82) is 0 Å². The minimum absolute atomic E-state index is 0.0968. The predicted octanol–water partition coefficient (Wildman–Crippen LogP) is 1.85. The first-order valence-corrected chi connectivity index (χ1v) is 9.67. The number of thiophene rings is 1. The van der Waals surface area contributed by atoms with Crippen molar-refractivity contribution in [2.75, 3.05) is 14.1 Å². The number of aryl methyl sites for hydroxylation is 2. The van der Waals surface area contributed by atoms with E-state index in [9.17, 15) is 13.2 Å². The van der Waals surface area contributed by atoms with Crippen molar-refractivity contribution in [1.82, 2.24) is 14.8 Å². The maximum absolute atomic E-state index is 12.0. The van der Waals surface area contributed by atoms with Gasteiger partial charge in [-0.2, -0.15) is 0 Å². The molecule has 0 aliphatic carbocycles. The summed E-state index contributed by atoms with van der Waals surface area (Å²) in [5, 5.41) is 6.67. The first kappa shape index (κ1) is 18.6. The van der Waals surface area contributed by atoms with Gasteiger partial charge in [-0.15, -0.1) is 11.3 Å². The zero-order valence-electron chi connectivity index (χ0n) is 14.1. The number of hydrogen-bond acceptors (Lipinski definition) is 6. The summed E-state index contributed by atoms with van der Waals surface area (Å²) in [7, 11) is -0.440. The van der Waals surface area contributed by atoms with Crippen LogP contribution in [0.2, 0.25) is 0 Å². The average Bonchev–Trinajstić information content (AvgIpc) is 3.11. The Bertz CT molecular complexity index is 802. The first-order chi connectivity index (χ1) is 11.2. The summed E-state index contributed by atoms with van der Waals surface area (Å²) in [6, 6.07) is 3.28. The van der Waals surface area contributed by atoms with Crippen molar-refractivity contribution in [2.24, 2.45) is 0 Å². The number of nitrogens with one attached hydrogen (secondary N) is 1. The molecule has 132 valence electrons. The summed E-state index contributed by atoms with van der Waals surface area (Å²) in [6.07, 6.45) is 0.898. The van der Waals surface area contributed by atoms with E-state index < -0.39 is 10.0 Å². The molecule has 0 fully saturated rings. The summed E-state index contributed by atoms with van der Waals surface area (Å²) in [5.74, 6) is 0.637. The Hall–Kier alpha value is -1.71. The van der Waals surface area contributed by atoms with E-state index in [1.54, 1.807) is 12.1 Å². The molecule has 0 saturated carbocycles. The van der Waals surface area contributed by atoms with E-state index >= 15 is 0 Å². The lowest BCUT2D eigenvalue weighted by atomic mass is 10.1. The van der Waals surface area contributed by atoms with Crippen LogP contribution in [-0.2, 0) is 27.8 Å². The fourth-order valence-electron chi connectivity index (χ4n) is 2.14. The number of amides is 1. The van der Waals surface area contributed by atoms with E-state index in [2.05, 4.69) is 10.5 Å². The molecule has 0 spiro atoms. The van der Waals surface area contributed by atoms with E-state index in [0.29, 0.717) is 19.4 Å². The van der Waals surface area contributed by atoms with Gasteiger partial charge in [0, 0.05) is 31.0 Å². The van der Waals surface area contributed by atoms with Gasteiger partial charge in [0.2, 0.25) is 5.91 Å². The fraction of sp³-hybridized carbons (Fsp3) is 0.467. The van der Waals surface area contributed by atoms with E-state index in [4.69, 9.17) is 4.52 Å². The molecule has 2 aromatic rings. The third-order valence-corrected chi connectivity index (χ3v) is 6.98. The summed E-state index contributed by atoms with van der Waals surface area (Å²) in [5.41, 5.74) is 1.76. The second-order valence-corrected chi connectivity index (χ2v) is 9.13. The second kappa shape index (κ2) is 7.45. The van der Waals surface area contributed by atoms with Gasteiger partial charge in [0.15, 0.2) is 0 Å². The number of hydrogen-bond donors (Lipinski definition) is 1. The lowest BCUT2D eigenvalue weighted by Gasteiger charge is -2.08. The van der Waals surface area contributed by atoms with Crippen LogP contribution in [0.5, 0.6) is 0 Å². The van der Waals surface area contributed by atoms with Crippen LogP contribution in [0.1, 0.15) is 28.3 Å². The van der Waals surface area contributed by atoms with Crippen LogP contribution < -0.4 is 5.32 Å². The third-order valence-electron chi connectivity index (χ3n) is 3.62. The van der Waals surface area contributed by atoms with Crippen LogP contribution in [0, 0.1) is 13.8 Å². The van der Waals surface area contributed by atoms with Crippen LogP contribution in [0.3, 0.4) is 0 Å². The van der Waals surface area contributed by atoms with Crippen LogP contribution in [0.25, 0.3) is 0 Å². The standard InChI is InChI=1S/C15H21N3O4S2/c1-10-13(11(2)22-17-10)6-7-14(19)16-9-12-5-8-15(23-12)24(20,21)18(3)4/h5,8H,6-7,9H2,1-4H3,(H,16,19). The summed E-state index contributed by atoms with van der Waals surface area (Å²) >= 11 is 1.16. The highest BCUT2D eigenvalue weighted by Gasteiger charge is 2.19. The van der Waals surface area contributed by atoms with Crippen molar-refractivity contribution >= 4 is 27.3 Å². The van der Waals surface area contributed by atoms with Gasteiger partial charge in [0.05, 0.1) is 12.2 Å². The highest BCUT2D eigenvalue weighted by atomic mass is 32.2. The van der Waals surface area contributed by atoms with Crippen molar-refractivity contribution in [3.05, 3.63) is 34.0 Å². The molecule has 0 aromatic carbocycles. The highest BCUT2D eigenvalue weighted by molar-refractivity contribution is 7.91. The zero-order chi connectivity index (χ0) is 17.9. The van der Waals surface area contributed by atoms with Crippen LogP contribution in [-0.4, -0.2) is 37.9 Å². The molecule has 1 N–H and O–H groups in total. The Balaban J connectivity index is 1.88. The van der Waals surface area contributed by atoms with Crippen molar-refractivity contribution in [3.8, 4) is 0 Å². The van der Waals surface area contributed by atoms with Crippen molar-refractivity contribution < 1.29 is 17.7 Å². The molecule has 7 nitrogen and oxygen atoms in total. The van der Waals surface area contributed by atoms with Gasteiger partial charge < -0.3 is 9.84 Å². The van der Waals surface area contributed by atoms with E-state index in [1.807, 2.05) is 13.8 Å². The van der Waals surface area contributed by atoms with Crippen LogP contribution >= 0.6 is 11.3 Å². The lowest BCUT2D eigenvalue weighted by Crippen LogP contribution is -2.22. The monoisotopic (exact) mass is 371 g/mol. The van der Waals surface area contributed by atoms with Crippen LogP contribution in [0.4, 0.5) is 0 Å². The SMILES string of the molecule is Cc1noc(C)c1CCC(=O)NCc1ccc(S(=O)(=O)N(C)C)s1. The predicted molar refractivity (Wildman–Crippen MR) is 91.3 cm³/mol. The van der Waals surface area contributed by atoms with E-state index in [-0.39, 0.29) is 10.1 Å². The second-order valence-electron chi connectivity index (χ2n) is 5.59. The molecule has 2 heterocycles. The lowest BCUT2D eigenvalue weighted by molar-refractivity contribution is -0.121. The quantitative estimate of drug-likeness (QED) is 0.802. The van der Waals surface area contributed by atoms with Gasteiger partial charge >= 0.3 is 0 Å². The van der Waals surface area contributed by atoms with Gasteiger partial charge in [-0.25, -0.2) is 12.7 Å². The molecule has 2 rings (SSSR count). The normalized spacial score (nSPS) is 11.9. The number of carbonyl (C=O) groups excluding carboxylic acids is 1. The maximum atomic E-state index is 12.0. The Kier molecular flexibility index (Phi) is 5.79. The molecule has 2 aromatic heterocycles. The zero-order valence-corrected chi connectivity index (χ0v) is 15.8. The van der Waals surface area contributed by atoms with Gasteiger partial charge in [-0.3, -0.25) is 4.79 Å². The minimum Gasteiger partial charge on any atom is -0.361 e. The van der Waals surface area contributed by atoms with Crippen LogP contribution in [0.15, 0.2) is 20.9 Å². The van der Waals surface area contributed by atoms with Gasteiger partial charge in [-0.1, -0.05) is 5.16 Å². The molecule has 0 radical (unpaired) electrons. The molecule has 1 amide bonds. The Morgan fingerprint density at radius 3 is 2.62 bits per heavy atom. The molecule has 9 heteroatoms. The van der Waals surface area contributed by atoms with Crippen molar-refractivity contribution in [3.63, 3.8) is 0 Å². The molecule has 0 aliphatic rings.